The van der Waals surface area contributed by atoms with Crippen molar-refractivity contribution in [2.45, 2.75) is 0 Å². The predicted molar refractivity (Wildman–Crippen MR) is 518 cm³/mol. The molecule has 26 aromatic rings. The summed E-state index contributed by atoms with van der Waals surface area (Å²) in [4.78, 5) is 38.1. The summed E-state index contributed by atoms with van der Waals surface area (Å²) in [6.07, 6.45) is 22.4. The van der Waals surface area contributed by atoms with Gasteiger partial charge < -0.3 is 26.5 Å². The van der Waals surface area contributed by atoms with E-state index in [-0.39, 0.29) is 0 Å². The van der Waals surface area contributed by atoms with E-state index >= 15 is 0 Å². The average Bonchev–Trinajstić information content (AvgIpc) is 1.51. The Balaban J connectivity index is 0.651. The smallest absolute Gasteiger partial charge is 0.173 e. The molecule has 14 aromatic heterocycles. The Morgan fingerprint density at radius 1 is 0.172 bits per heavy atom. The van der Waals surface area contributed by atoms with Gasteiger partial charge in [-0.25, -0.2) is 19.9 Å². The van der Waals surface area contributed by atoms with Crippen LogP contribution < -0.4 is 0 Å². The largest absolute Gasteiger partial charge is 0.455 e. The number of fused-ring (bicyclic) bond motifs is 13. The number of furan rings is 6. The molecule has 600 valence electrons. The molecule has 0 unspecified atom stereocenters. The molecule has 26 rings (SSSR count). The van der Waals surface area contributed by atoms with Gasteiger partial charge in [0.05, 0.1) is 0 Å². The first-order valence-corrected chi connectivity index (χ1v) is 45.1. The molecule has 18 heteroatoms. The molecule has 0 aliphatic heterocycles. The van der Waals surface area contributed by atoms with Crippen molar-refractivity contribution in [2.24, 2.45) is 0 Å². The second-order valence-electron chi connectivity index (χ2n) is 31.7. The molecule has 0 saturated carbocycles. The minimum absolute atomic E-state index is 0.570. The van der Waals surface area contributed by atoms with Gasteiger partial charge in [0, 0.05) is 229 Å². The van der Waals surface area contributed by atoms with Gasteiger partial charge in [0.25, 0.3) is 0 Å². The highest BCUT2D eigenvalue weighted by Crippen LogP contribution is 2.52. The van der Waals surface area contributed by atoms with Gasteiger partial charge in [0.1, 0.15) is 76.2 Å². The van der Waals surface area contributed by atoms with Crippen LogP contribution in [0.4, 0.5) is 0 Å². The normalized spacial score (nSPS) is 11.9. The fourth-order valence-corrected chi connectivity index (χ4v) is 21.2. The summed E-state index contributed by atoms with van der Waals surface area (Å²) in [5.74, 6) is 1.22. The van der Waals surface area contributed by atoms with Crippen molar-refractivity contribution in [1.29, 1.82) is 0 Å². The summed E-state index contributed by atoms with van der Waals surface area (Å²) in [5.41, 5.74) is 31.8. The zero-order valence-electron chi connectivity index (χ0n) is 67.3. The third-order valence-electron chi connectivity index (χ3n) is 24.4. The maximum absolute atomic E-state index is 7.26. The highest BCUT2D eigenvalue weighted by molar-refractivity contribution is 7.14. The molecule has 14 nitrogen and oxygen atoms in total. The van der Waals surface area contributed by atoms with Crippen molar-refractivity contribution < 1.29 is 26.5 Å². The lowest BCUT2D eigenvalue weighted by molar-refractivity contribution is 0.622. The Kier molecular flexibility index (Phi) is 17.1. The van der Waals surface area contributed by atoms with E-state index in [1.165, 1.54) is 0 Å². The number of hydrogen-bond acceptors (Lipinski definition) is 18. The molecule has 0 N–H and O–H groups in total. The molecule has 0 atom stereocenters. The molecule has 12 aromatic carbocycles. The van der Waals surface area contributed by atoms with Gasteiger partial charge in [-0.05, 0) is 164 Å². The van der Waals surface area contributed by atoms with Crippen LogP contribution in [0.25, 0.3) is 275 Å². The van der Waals surface area contributed by atoms with Crippen LogP contribution in [-0.2, 0) is 0 Å². The number of thiazole rings is 4. The van der Waals surface area contributed by atoms with Crippen molar-refractivity contribution in [3.63, 3.8) is 0 Å². The molecule has 0 aliphatic rings. The first kappa shape index (κ1) is 73.3. The second kappa shape index (κ2) is 29.8. The molecule has 0 saturated heterocycles. The van der Waals surface area contributed by atoms with Crippen molar-refractivity contribution in [3.8, 4) is 176 Å². The standard InChI is InChI=1S/C110H60N8O6S4/c1-5-19-81(107-115-33-37-125-107)73(15-1)77-23-9-25-79-89-51-69(49-85(103(89)123-101(77)79)63-13-11-31-111-55-63)67-41-65(61-27-29-95-87(47-61)93-59-113-57-91(105(93)121-95)75-17-3-7-21-83(75)109-117-35-39-127-109)43-71(45-67)97-53-99-100(119-97)54-98(120-99)72-44-66(62-28-30-96-88(48-62)94-60-114-58-92(106(94)122-96)76-18-4-8-22-84(76)110-118-36-40-128-110)42-68(46-72)70-50-86(64-14-12-32-112-56-64)104-90(52-70)80-26-10-24-78(102(80)124-104)74-16-2-6-20-82(74)108-116-34-38-126-108/h1-60H. The van der Waals surface area contributed by atoms with Crippen LogP contribution in [0.15, 0.2) is 389 Å². The third kappa shape index (κ3) is 12.2. The lowest BCUT2D eigenvalue weighted by atomic mass is 9.91. The van der Waals surface area contributed by atoms with Gasteiger partial charge in [-0.3, -0.25) is 19.9 Å². The van der Waals surface area contributed by atoms with E-state index in [0.29, 0.717) is 22.7 Å². The van der Waals surface area contributed by atoms with Crippen LogP contribution in [0, 0.1) is 0 Å². The Labute approximate surface area is 744 Å². The van der Waals surface area contributed by atoms with Gasteiger partial charge in [-0.15, -0.1) is 45.3 Å². The highest BCUT2D eigenvalue weighted by atomic mass is 32.1. The summed E-state index contributed by atoms with van der Waals surface area (Å²) >= 11 is 6.44. The molecule has 0 amide bonds. The molecule has 0 spiro atoms. The van der Waals surface area contributed by atoms with Gasteiger partial charge in [-0.2, -0.15) is 0 Å². The van der Waals surface area contributed by atoms with Crippen LogP contribution in [0.3, 0.4) is 0 Å². The van der Waals surface area contributed by atoms with Gasteiger partial charge in [-0.1, -0.05) is 158 Å². The maximum atomic E-state index is 7.26. The summed E-state index contributed by atoms with van der Waals surface area (Å²) in [7, 11) is 0. The van der Waals surface area contributed by atoms with Crippen LogP contribution in [0.1, 0.15) is 0 Å². The fraction of sp³-hybridized carbons (Fsp3) is 0. The summed E-state index contributed by atoms with van der Waals surface area (Å²) in [6.45, 7) is 0. The number of aromatic nitrogens is 8. The maximum Gasteiger partial charge on any atom is 0.173 e. The molecule has 0 radical (unpaired) electrons. The number of pyridine rings is 4. The quantitative estimate of drug-likeness (QED) is 0.0891. The van der Waals surface area contributed by atoms with E-state index in [4.69, 9.17) is 56.4 Å². The first-order valence-electron chi connectivity index (χ1n) is 41.6. The Bertz CT molecular complexity index is 8370. The van der Waals surface area contributed by atoms with Gasteiger partial charge >= 0.3 is 0 Å². The number of rotatable bonds is 16. The Morgan fingerprint density at radius 2 is 0.508 bits per heavy atom. The lowest BCUT2D eigenvalue weighted by Crippen LogP contribution is -1.88. The number of hydrogen-bond donors (Lipinski definition) is 0. The summed E-state index contributed by atoms with van der Waals surface area (Å²) in [6, 6.07) is 93.7. The zero-order chi connectivity index (χ0) is 84.0. The van der Waals surface area contributed by atoms with Crippen LogP contribution in [0.5, 0.6) is 0 Å². The van der Waals surface area contributed by atoms with Crippen LogP contribution >= 0.6 is 45.3 Å². The van der Waals surface area contributed by atoms with Crippen LogP contribution in [-0.4, -0.2) is 39.9 Å². The van der Waals surface area contributed by atoms with Crippen molar-refractivity contribution >= 4 is 144 Å². The van der Waals surface area contributed by atoms with E-state index < -0.39 is 0 Å². The average molecular weight is 1720 g/mol. The van der Waals surface area contributed by atoms with E-state index in [1.807, 2.05) is 132 Å². The van der Waals surface area contributed by atoms with Gasteiger partial charge in [0.2, 0.25) is 0 Å². The number of nitrogens with zero attached hydrogens (tertiary/aromatic N) is 8. The second-order valence-corrected chi connectivity index (χ2v) is 35.3. The van der Waals surface area contributed by atoms with E-state index in [1.54, 1.807) is 57.7 Å². The van der Waals surface area contributed by atoms with Crippen molar-refractivity contribution in [1.82, 2.24) is 39.9 Å². The van der Waals surface area contributed by atoms with Crippen molar-refractivity contribution in [2.75, 3.05) is 0 Å². The molecule has 0 bridgehead atoms. The molecule has 0 fully saturated rings. The highest BCUT2D eigenvalue weighted by Gasteiger charge is 2.28. The monoisotopic (exact) mass is 1720 g/mol. The first-order chi connectivity index (χ1) is 63.4. The van der Waals surface area contributed by atoms with Gasteiger partial charge in [0.15, 0.2) is 11.2 Å². The fourth-order valence-electron chi connectivity index (χ4n) is 18.5. The van der Waals surface area contributed by atoms with E-state index in [2.05, 4.69) is 228 Å². The molecule has 14 heterocycles. The Morgan fingerprint density at radius 3 is 0.883 bits per heavy atom. The SMILES string of the molecule is c1cncc(-c2cc(-c3cc(-c4ccc5oc6c(-c7ccccc7-c7nccs7)cncc6c5c4)cc(-c4cc5oc(-c6cc(-c7ccc8oc9c(-c%10ccccc%10-c%10nccs%10)cncc9c8c7)cc(-c7cc(-c8cccnc8)c8oc9c(-c%10ccccc%10-c%10nccs%10)cccc9c8c7)c6)cc5o4)c3)cc3c2oc2c(-c4ccccc4-c4nccs4)cccc23)c1. The molecule has 128 heavy (non-hydrogen) atoms. The minimum atomic E-state index is 0.570. The predicted octanol–water partition coefficient (Wildman–Crippen LogP) is 31.7. The topological polar surface area (TPSA) is 182 Å². The molecular formula is C110H60N8O6S4. The summed E-state index contributed by atoms with van der Waals surface area (Å²) in [5, 5.41) is 19.2. The molecular weight excluding hydrogens is 1660 g/mol. The minimum Gasteiger partial charge on any atom is -0.455 e. The van der Waals surface area contributed by atoms with E-state index in [9.17, 15) is 0 Å². The molecule has 0 aliphatic carbocycles. The van der Waals surface area contributed by atoms with E-state index in [0.717, 1.165) is 252 Å². The summed E-state index contributed by atoms with van der Waals surface area (Å²) < 4.78 is 42.9. The lowest BCUT2D eigenvalue weighted by Gasteiger charge is -2.12. The number of benzene rings is 12. The van der Waals surface area contributed by atoms with Crippen molar-refractivity contribution in [3.05, 3.63) is 363 Å². The number of para-hydroxylation sites is 2. The Hall–Kier alpha value is -16.2. The zero-order valence-corrected chi connectivity index (χ0v) is 70.6. The van der Waals surface area contributed by atoms with Crippen LogP contribution in [0.2, 0.25) is 0 Å². The third-order valence-corrected chi connectivity index (χ3v) is 27.6.